The van der Waals surface area contributed by atoms with Crippen molar-refractivity contribution in [2.45, 2.75) is 32.3 Å². The lowest BCUT2D eigenvalue weighted by molar-refractivity contribution is -0.150. The number of hydrogen-bond acceptors (Lipinski definition) is 3. The lowest BCUT2D eigenvalue weighted by Crippen LogP contribution is -2.40. The molecule has 1 heterocycles. The summed E-state index contributed by atoms with van der Waals surface area (Å²) in [6, 6.07) is 1.73. The van der Waals surface area contributed by atoms with Crippen LogP contribution in [-0.4, -0.2) is 32.5 Å². The smallest absolute Gasteiger partial charge is 0.333 e. The quantitative estimate of drug-likeness (QED) is 0.657. The molecule has 0 amide bonds. The fraction of sp³-hybridized carbons (Fsp3) is 0.556. The van der Waals surface area contributed by atoms with Gasteiger partial charge in [-0.25, -0.2) is 4.79 Å². The van der Waals surface area contributed by atoms with Crippen LogP contribution < -0.4 is 0 Å². The molecule has 5 nitrogen and oxygen atoms in total. The molecule has 0 aliphatic heterocycles. The van der Waals surface area contributed by atoms with Gasteiger partial charge in [-0.05, 0) is 13.0 Å². The van der Waals surface area contributed by atoms with Gasteiger partial charge in [0.2, 0.25) is 0 Å². The van der Waals surface area contributed by atoms with Crippen molar-refractivity contribution in [3.8, 4) is 0 Å². The van der Waals surface area contributed by atoms with Gasteiger partial charge < -0.3 is 10.2 Å². The van der Waals surface area contributed by atoms with Crippen molar-refractivity contribution in [3.63, 3.8) is 0 Å². The highest BCUT2D eigenvalue weighted by Crippen LogP contribution is 2.25. The van der Waals surface area contributed by atoms with Gasteiger partial charge in [0.15, 0.2) is 6.10 Å². The largest absolute Gasteiger partial charge is 0.479 e. The molecule has 1 rings (SSSR count). The van der Waals surface area contributed by atoms with Crippen LogP contribution in [0.5, 0.6) is 0 Å². The summed E-state index contributed by atoms with van der Waals surface area (Å²) in [7, 11) is 0. The Kier molecular flexibility index (Phi) is 2.62. The number of carboxylic acid groups (broad SMARTS) is 1. The number of carboxylic acids is 1. The maximum Gasteiger partial charge on any atom is 0.333 e. The Balaban J connectivity index is 3.01. The van der Waals surface area contributed by atoms with Crippen LogP contribution in [0.1, 0.15) is 25.2 Å². The maximum absolute atomic E-state index is 10.6. The third-order valence-corrected chi connectivity index (χ3v) is 2.28. The van der Waals surface area contributed by atoms with Crippen molar-refractivity contribution in [1.29, 1.82) is 0 Å². The number of hydrogen-bond donors (Lipinski definition) is 3. The Bertz CT molecular complexity index is 344. The number of H-pyrrole nitrogens is 1. The second-order valence-corrected chi connectivity index (χ2v) is 3.90. The Hall–Kier alpha value is -1.36. The highest BCUT2D eigenvalue weighted by Gasteiger charge is 2.37. The number of aromatic nitrogens is 2. The van der Waals surface area contributed by atoms with Gasteiger partial charge in [0, 0.05) is 11.1 Å². The molecule has 0 bridgehead atoms. The molecular formula is C9H14N2O3. The lowest BCUT2D eigenvalue weighted by Gasteiger charge is -2.25. The molecule has 1 aromatic heterocycles. The van der Waals surface area contributed by atoms with Crippen molar-refractivity contribution in [1.82, 2.24) is 10.2 Å². The fourth-order valence-corrected chi connectivity index (χ4v) is 1.20. The first-order valence-electron chi connectivity index (χ1n) is 4.29. The van der Waals surface area contributed by atoms with Gasteiger partial charge in [0.05, 0.1) is 5.69 Å². The van der Waals surface area contributed by atoms with Gasteiger partial charge >= 0.3 is 5.97 Å². The molecule has 1 aromatic rings. The minimum Gasteiger partial charge on any atom is -0.479 e. The maximum atomic E-state index is 10.6. The first-order valence-corrected chi connectivity index (χ1v) is 4.29. The number of aliphatic hydroxyl groups is 1. The molecule has 0 aromatic carbocycles. The van der Waals surface area contributed by atoms with Crippen molar-refractivity contribution >= 4 is 5.97 Å². The number of aromatic amines is 1. The van der Waals surface area contributed by atoms with Crippen molar-refractivity contribution in [2.75, 3.05) is 0 Å². The van der Waals surface area contributed by atoms with Crippen molar-refractivity contribution in [3.05, 3.63) is 17.5 Å². The minimum absolute atomic E-state index is 0.546. The molecule has 78 valence electrons. The molecule has 0 saturated heterocycles. The number of aliphatic hydroxyl groups excluding tert-OH is 1. The molecule has 0 saturated carbocycles. The van der Waals surface area contributed by atoms with Gasteiger partial charge in [-0.1, -0.05) is 13.8 Å². The number of aryl methyl sites for hydroxylation is 1. The topological polar surface area (TPSA) is 86.2 Å². The molecule has 0 radical (unpaired) electrons. The average molecular weight is 198 g/mol. The van der Waals surface area contributed by atoms with Crippen LogP contribution >= 0.6 is 0 Å². The SMILES string of the molecule is Cc1cc(C(C)(C)C(O)C(=O)O)n[nH]1. The van der Waals surface area contributed by atoms with Gasteiger partial charge in [-0.2, -0.15) is 5.10 Å². The van der Waals surface area contributed by atoms with Crippen molar-refractivity contribution in [2.24, 2.45) is 0 Å². The van der Waals surface area contributed by atoms with Crippen LogP contribution in [0.4, 0.5) is 0 Å². The van der Waals surface area contributed by atoms with E-state index in [4.69, 9.17) is 5.11 Å². The van der Waals surface area contributed by atoms with Crippen LogP contribution in [0, 0.1) is 6.92 Å². The van der Waals surface area contributed by atoms with E-state index in [-0.39, 0.29) is 0 Å². The Morgan fingerprint density at radius 3 is 2.57 bits per heavy atom. The predicted octanol–water partition coefficient (Wildman–Crippen LogP) is 0.441. The normalized spacial score (nSPS) is 14.0. The van der Waals surface area contributed by atoms with E-state index in [0.29, 0.717) is 5.69 Å². The van der Waals surface area contributed by atoms with E-state index in [9.17, 15) is 9.90 Å². The summed E-state index contributed by atoms with van der Waals surface area (Å²) in [6.07, 6.45) is -1.45. The van der Waals surface area contributed by atoms with E-state index in [1.165, 1.54) is 0 Å². The molecule has 0 aliphatic carbocycles. The van der Waals surface area contributed by atoms with Gasteiger partial charge in [-0.3, -0.25) is 5.10 Å². The molecule has 0 spiro atoms. The molecule has 0 fully saturated rings. The van der Waals surface area contributed by atoms with Crippen LogP contribution in [0.2, 0.25) is 0 Å². The standard InChI is InChI=1S/C9H14N2O3/c1-5-4-6(11-10-5)9(2,3)7(12)8(13)14/h4,7,12H,1-3H3,(H,10,11)(H,13,14). The van der Waals surface area contributed by atoms with Crippen LogP contribution in [-0.2, 0) is 10.2 Å². The summed E-state index contributed by atoms with van der Waals surface area (Å²) in [5.74, 6) is -1.24. The summed E-state index contributed by atoms with van der Waals surface area (Å²) >= 11 is 0. The zero-order chi connectivity index (χ0) is 10.9. The van der Waals surface area contributed by atoms with E-state index < -0.39 is 17.5 Å². The minimum atomic E-state index is -1.45. The Morgan fingerprint density at radius 2 is 2.21 bits per heavy atom. The third-order valence-electron chi connectivity index (χ3n) is 2.28. The molecule has 1 unspecified atom stereocenters. The molecular weight excluding hydrogens is 184 g/mol. The lowest BCUT2D eigenvalue weighted by atomic mass is 9.83. The summed E-state index contributed by atoms with van der Waals surface area (Å²) in [6.45, 7) is 5.10. The molecule has 5 heteroatoms. The van der Waals surface area contributed by atoms with Crippen LogP contribution in [0.15, 0.2) is 6.07 Å². The van der Waals surface area contributed by atoms with Gasteiger partial charge in [-0.15, -0.1) is 0 Å². The second-order valence-electron chi connectivity index (χ2n) is 3.90. The number of aliphatic carboxylic acids is 1. The molecule has 14 heavy (non-hydrogen) atoms. The monoisotopic (exact) mass is 198 g/mol. The third kappa shape index (κ3) is 1.77. The van der Waals surface area contributed by atoms with E-state index in [2.05, 4.69) is 10.2 Å². The van der Waals surface area contributed by atoms with Gasteiger partial charge in [0.25, 0.3) is 0 Å². The number of carbonyl (C=O) groups is 1. The van der Waals surface area contributed by atoms with Gasteiger partial charge in [0.1, 0.15) is 0 Å². The highest BCUT2D eigenvalue weighted by atomic mass is 16.4. The summed E-state index contributed by atoms with van der Waals surface area (Å²) in [5.41, 5.74) is 0.493. The van der Waals surface area contributed by atoms with Crippen LogP contribution in [0.3, 0.4) is 0 Å². The first-order chi connectivity index (χ1) is 6.35. The molecule has 3 N–H and O–H groups in total. The number of nitrogens with one attached hydrogen (secondary N) is 1. The first kappa shape index (κ1) is 10.7. The zero-order valence-electron chi connectivity index (χ0n) is 8.40. The summed E-state index contributed by atoms with van der Waals surface area (Å²) in [5, 5.41) is 24.8. The number of rotatable bonds is 3. The Labute approximate surface area is 81.8 Å². The predicted molar refractivity (Wildman–Crippen MR) is 50.0 cm³/mol. The summed E-state index contributed by atoms with van der Waals surface area (Å²) in [4.78, 5) is 10.6. The van der Waals surface area contributed by atoms with E-state index in [1.807, 2.05) is 6.92 Å². The fourth-order valence-electron chi connectivity index (χ4n) is 1.20. The molecule has 0 aliphatic rings. The van der Waals surface area contributed by atoms with E-state index in [0.717, 1.165) is 5.69 Å². The zero-order valence-corrected chi connectivity index (χ0v) is 8.40. The second kappa shape index (κ2) is 3.42. The highest BCUT2D eigenvalue weighted by molar-refractivity contribution is 5.74. The van der Waals surface area contributed by atoms with Crippen molar-refractivity contribution < 1.29 is 15.0 Å². The summed E-state index contributed by atoms with van der Waals surface area (Å²) < 4.78 is 0. The molecule has 1 atom stereocenters. The van der Waals surface area contributed by atoms with E-state index in [1.54, 1.807) is 19.9 Å². The number of nitrogens with zero attached hydrogens (tertiary/aromatic N) is 1. The van der Waals surface area contributed by atoms with E-state index >= 15 is 0 Å². The van der Waals surface area contributed by atoms with Crippen LogP contribution in [0.25, 0.3) is 0 Å². The average Bonchev–Trinajstić information content (AvgIpc) is 2.50. The Morgan fingerprint density at radius 1 is 1.64 bits per heavy atom.